The summed E-state index contributed by atoms with van der Waals surface area (Å²) in [5.74, 6) is 0.433. The molecular formula is C15H12F3NO3. The van der Waals surface area contributed by atoms with Gasteiger partial charge in [-0.25, -0.2) is 0 Å². The van der Waals surface area contributed by atoms with Crippen LogP contribution in [-0.2, 0) is 0 Å². The van der Waals surface area contributed by atoms with Gasteiger partial charge in [-0.05, 0) is 29.8 Å². The van der Waals surface area contributed by atoms with E-state index in [9.17, 15) is 18.0 Å². The lowest BCUT2D eigenvalue weighted by Crippen LogP contribution is -2.19. The lowest BCUT2D eigenvalue weighted by atomic mass is 10.0. The van der Waals surface area contributed by atoms with Crippen LogP contribution in [0.15, 0.2) is 36.7 Å². The van der Waals surface area contributed by atoms with Crippen molar-refractivity contribution in [3.63, 3.8) is 0 Å². The minimum Gasteiger partial charge on any atom is -0.496 e. The summed E-state index contributed by atoms with van der Waals surface area (Å²) in [6, 6.07) is 5.77. The number of pyridine rings is 1. The van der Waals surface area contributed by atoms with Crippen LogP contribution in [0.4, 0.5) is 13.2 Å². The van der Waals surface area contributed by atoms with Crippen molar-refractivity contribution in [2.45, 2.75) is 6.18 Å². The first-order chi connectivity index (χ1) is 10.4. The molecule has 0 bridgehead atoms. The second-order valence-electron chi connectivity index (χ2n) is 4.39. The Morgan fingerprint density at radius 2 is 2.05 bits per heavy atom. The highest BCUT2D eigenvalue weighted by atomic mass is 19.4. The summed E-state index contributed by atoms with van der Waals surface area (Å²) >= 11 is 0. The van der Waals surface area contributed by atoms with Gasteiger partial charge in [0, 0.05) is 23.5 Å². The molecule has 1 heterocycles. The number of alkyl halides is 3. The standard InChI is InChI=1S/C15H12F3NO3/c1-21-14-2-3-19-7-13(14)11-4-10(8-20)5-12(6-11)22-9-15(16,17)18/h2-8H,9H2,1H3. The third-order valence-corrected chi connectivity index (χ3v) is 2.78. The van der Waals surface area contributed by atoms with Crippen LogP contribution in [0, 0.1) is 0 Å². The number of benzene rings is 1. The highest BCUT2D eigenvalue weighted by Gasteiger charge is 2.28. The maximum atomic E-state index is 12.2. The maximum Gasteiger partial charge on any atom is 0.422 e. The number of hydrogen-bond donors (Lipinski definition) is 0. The van der Waals surface area contributed by atoms with Crippen molar-refractivity contribution in [2.24, 2.45) is 0 Å². The van der Waals surface area contributed by atoms with Crippen molar-refractivity contribution in [1.29, 1.82) is 0 Å². The van der Waals surface area contributed by atoms with Gasteiger partial charge in [-0.1, -0.05) is 0 Å². The molecule has 1 aromatic carbocycles. The van der Waals surface area contributed by atoms with Gasteiger partial charge in [0.25, 0.3) is 0 Å². The van der Waals surface area contributed by atoms with Gasteiger partial charge in [-0.15, -0.1) is 0 Å². The SMILES string of the molecule is COc1ccncc1-c1cc(C=O)cc(OCC(F)(F)F)c1. The number of carbonyl (C=O) groups excluding carboxylic acids is 1. The van der Waals surface area contributed by atoms with E-state index >= 15 is 0 Å². The van der Waals surface area contributed by atoms with Crippen LogP contribution in [0.2, 0.25) is 0 Å². The zero-order chi connectivity index (χ0) is 16.2. The topological polar surface area (TPSA) is 48.4 Å². The van der Waals surface area contributed by atoms with Crippen molar-refractivity contribution in [3.05, 3.63) is 42.2 Å². The first-order valence-corrected chi connectivity index (χ1v) is 6.21. The molecule has 22 heavy (non-hydrogen) atoms. The molecule has 0 N–H and O–H groups in total. The smallest absolute Gasteiger partial charge is 0.422 e. The van der Waals surface area contributed by atoms with E-state index in [0.717, 1.165) is 0 Å². The van der Waals surface area contributed by atoms with Gasteiger partial charge in [0.1, 0.15) is 17.8 Å². The Morgan fingerprint density at radius 1 is 1.27 bits per heavy atom. The monoisotopic (exact) mass is 311 g/mol. The lowest BCUT2D eigenvalue weighted by molar-refractivity contribution is -0.153. The van der Waals surface area contributed by atoms with Gasteiger partial charge in [0.2, 0.25) is 0 Å². The number of carbonyl (C=O) groups is 1. The number of halogens is 3. The Hall–Kier alpha value is -2.57. The molecule has 0 atom stereocenters. The summed E-state index contributed by atoms with van der Waals surface area (Å²) in [7, 11) is 1.46. The maximum absolute atomic E-state index is 12.2. The summed E-state index contributed by atoms with van der Waals surface area (Å²) in [6.45, 7) is -1.43. The summed E-state index contributed by atoms with van der Waals surface area (Å²) in [5.41, 5.74) is 1.22. The molecule has 0 saturated carbocycles. The van der Waals surface area contributed by atoms with Gasteiger partial charge in [-0.3, -0.25) is 9.78 Å². The van der Waals surface area contributed by atoms with E-state index in [1.807, 2.05) is 0 Å². The van der Waals surface area contributed by atoms with Gasteiger partial charge in [0.15, 0.2) is 6.61 Å². The Morgan fingerprint density at radius 3 is 2.68 bits per heavy atom. The van der Waals surface area contributed by atoms with E-state index in [2.05, 4.69) is 4.98 Å². The number of aromatic nitrogens is 1. The average molecular weight is 311 g/mol. The molecule has 0 unspecified atom stereocenters. The van der Waals surface area contributed by atoms with E-state index < -0.39 is 12.8 Å². The average Bonchev–Trinajstić information content (AvgIpc) is 2.52. The van der Waals surface area contributed by atoms with Gasteiger partial charge in [0.05, 0.1) is 7.11 Å². The van der Waals surface area contributed by atoms with E-state index in [1.54, 1.807) is 6.07 Å². The molecule has 7 heteroatoms. The summed E-state index contributed by atoms with van der Waals surface area (Å²) in [5, 5.41) is 0. The van der Waals surface area contributed by atoms with Crippen molar-refractivity contribution >= 4 is 6.29 Å². The van der Waals surface area contributed by atoms with Gasteiger partial charge < -0.3 is 9.47 Å². The molecule has 4 nitrogen and oxygen atoms in total. The lowest BCUT2D eigenvalue weighted by Gasteiger charge is -2.12. The molecule has 0 saturated heterocycles. The molecule has 0 aliphatic carbocycles. The van der Waals surface area contributed by atoms with Crippen LogP contribution in [0.25, 0.3) is 11.1 Å². The number of aldehydes is 1. The van der Waals surface area contributed by atoms with Crippen LogP contribution in [0.1, 0.15) is 10.4 Å². The molecule has 0 spiro atoms. The quantitative estimate of drug-likeness (QED) is 0.793. The summed E-state index contributed by atoms with van der Waals surface area (Å²) in [6.07, 6.45) is -0.903. The molecule has 0 fully saturated rings. The predicted molar refractivity (Wildman–Crippen MR) is 73.2 cm³/mol. The third-order valence-electron chi connectivity index (χ3n) is 2.78. The second-order valence-corrected chi connectivity index (χ2v) is 4.39. The van der Waals surface area contributed by atoms with Crippen LogP contribution in [0.5, 0.6) is 11.5 Å². The number of rotatable bonds is 5. The number of hydrogen-bond acceptors (Lipinski definition) is 4. The van der Waals surface area contributed by atoms with Crippen LogP contribution in [0.3, 0.4) is 0 Å². The van der Waals surface area contributed by atoms with Crippen LogP contribution >= 0.6 is 0 Å². The largest absolute Gasteiger partial charge is 0.496 e. The molecular weight excluding hydrogens is 299 g/mol. The van der Waals surface area contributed by atoms with E-state index in [0.29, 0.717) is 23.2 Å². The molecule has 0 aliphatic rings. The highest BCUT2D eigenvalue weighted by Crippen LogP contribution is 2.32. The molecule has 2 rings (SSSR count). The highest BCUT2D eigenvalue weighted by molar-refractivity contribution is 5.81. The van der Waals surface area contributed by atoms with E-state index in [-0.39, 0.29) is 11.3 Å². The molecule has 0 radical (unpaired) electrons. The fourth-order valence-electron chi connectivity index (χ4n) is 1.87. The minimum absolute atomic E-state index is 0.0529. The van der Waals surface area contributed by atoms with E-state index in [4.69, 9.17) is 9.47 Å². The molecule has 0 aliphatic heterocycles. The Balaban J connectivity index is 2.41. The number of methoxy groups -OCH3 is 1. The van der Waals surface area contributed by atoms with Gasteiger partial charge >= 0.3 is 6.18 Å². The van der Waals surface area contributed by atoms with Crippen LogP contribution in [-0.4, -0.2) is 31.2 Å². The fourth-order valence-corrected chi connectivity index (χ4v) is 1.87. The predicted octanol–water partition coefficient (Wildman–Crippen LogP) is 3.51. The number of nitrogens with zero attached hydrogens (tertiary/aromatic N) is 1. The van der Waals surface area contributed by atoms with Crippen LogP contribution < -0.4 is 9.47 Å². The zero-order valence-corrected chi connectivity index (χ0v) is 11.6. The summed E-state index contributed by atoms with van der Waals surface area (Å²) < 4.78 is 46.6. The fraction of sp³-hybridized carbons (Fsp3) is 0.200. The molecule has 0 amide bonds. The molecule has 116 valence electrons. The van der Waals surface area contributed by atoms with Crippen molar-refractivity contribution in [2.75, 3.05) is 13.7 Å². The first-order valence-electron chi connectivity index (χ1n) is 6.21. The Bertz CT molecular complexity index is 671. The zero-order valence-electron chi connectivity index (χ0n) is 11.6. The summed E-state index contributed by atoms with van der Waals surface area (Å²) in [4.78, 5) is 14.9. The van der Waals surface area contributed by atoms with E-state index in [1.165, 1.54) is 37.7 Å². The first kappa shape index (κ1) is 15.8. The normalized spacial score (nSPS) is 11.1. The molecule has 1 aromatic heterocycles. The minimum atomic E-state index is -4.46. The van der Waals surface area contributed by atoms with Crippen molar-refractivity contribution < 1.29 is 27.4 Å². The number of ether oxygens (including phenoxy) is 2. The van der Waals surface area contributed by atoms with Crippen molar-refractivity contribution in [3.8, 4) is 22.6 Å². The van der Waals surface area contributed by atoms with Crippen molar-refractivity contribution in [1.82, 2.24) is 4.98 Å². The third kappa shape index (κ3) is 3.97. The Labute approximate surface area is 124 Å². The van der Waals surface area contributed by atoms with Gasteiger partial charge in [-0.2, -0.15) is 13.2 Å². The Kier molecular flexibility index (Phi) is 4.65. The second kappa shape index (κ2) is 6.46. The molecule has 2 aromatic rings.